The third-order valence-corrected chi connectivity index (χ3v) is 1.99. The Morgan fingerprint density at radius 3 is 2.79 bits per heavy atom. The Morgan fingerprint density at radius 2 is 2.21 bits per heavy atom. The number of methoxy groups -OCH3 is 1. The summed E-state index contributed by atoms with van der Waals surface area (Å²) in [5.74, 6) is -0.217. The Balaban J connectivity index is 2.90. The quantitative estimate of drug-likeness (QED) is 0.768. The molecule has 0 amide bonds. The van der Waals surface area contributed by atoms with E-state index in [1.165, 1.54) is 19.2 Å². The summed E-state index contributed by atoms with van der Waals surface area (Å²) in [6.45, 7) is 0.669. The van der Waals surface area contributed by atoms with Gasteiger partial charge in [-0.2, -0.15) is 0 Å². The summed E-state index contributed by atoms with van der Waals surface area (Å²) in [6, 6.07) is 2.59. The van der Waals surface area contributed by atoms with Crippen LogP contribution in [-0.4, -0.2) is 25.8 Å². The van der Waals surface area contributed by atoms with Crippen molar-refractivity contribution in [3.8, 4) is 11.5 Å². The highest BCUT2D eigenvalue weighted by Crippen LogP contribution is 2.28. The van der Waals surface area contributed by atoms with Gasteiger partial charge in [0, 0.05) is 6.07 Å². The molecule has 0 heterocycles. The largest absolute Gasteiger partial charge is 0.504 e. The summed E-state index contributed by atoms with van der Waals surface area (Å²) < 4.78 is 18.1. The molecule has 4 heteroatoms. The Labute approximate surface area is 82.5 Å². The number of halogens is 1. The van der Waals surface area contributed by atoms with Gasteiger partial charge in [-0.3, -0.25) is 0 Å². The summed E-state index contributed by atoms with van der Waals surface area (Å²) in [6.07, 6.45) is 0.542. The molecular weight excluding hydrogens is 185 g/mol. The van der Waals surface area contributed by atoms with E-state index in [-0.39, 0.29) is 17.3 Å². The first kappa shape index (κ1) is 10.8. The zero-order valence-corrected chi connectivity index (χ0v) is 8.30. The maximum atomic E-state index is 13.3. The number of hydrogen-bond donors (Lipinski definition) is 2. The molecule has 0 aliphatic heterocycles. The number of benzene rings is 1. The second kappa shape index (κ2) is 4.81. The lowest BCUT2D eigenvalue weighted by molar-refractivity contribution is 0.369. The number of rotatable bonds is 4. The Kier molecular flexibility index (Phi) is 3.71. The number of ether oxygens (including phenoxy) is 1. The predicted octanol–water partition coefficient (Wildman–Crippen LogP) is 1.30. The zero-order chi connectivity index (χ0) is 10.6. The molecule has 0 saturated carbocycles. The van der Waals surface area contributed by atoms with E-state index in [0.29, 0.717) is 18.5 Å². The maximum Gasteiger partial charge on any atom is 0.163 e. The van der Waals surface area contributed by atoms with E-state index in [1.54, 1.807) is 7.05 Å². The zero-order valence-electron chi connectivity index (χ0n) is 8.30. The fraction of sp³-hybridized carbons (Fsp3) is 0.400. The lowest BCUT2D eigenvalue weighted by Crippen LogP contribution is -2.11. The Morgan fingerprint density at radius 1 is 1.50 bits per heavy atom. The van der Waals surface area contributed by atoms with Crippen LogP contribution in [0.1, 0.15) is 5.56 Å². The summed E-state index contributed by atoms with van der Waals surface area (Å²) in [5.41, 5.74) is 0.484. The molecule has 0 aliphatic rings. The van der Waals surface area contributed by atoms with Crippen molar-refractivity contribution in [3.63, 3.8) is 0 Å². The van der Waals surface area contributed by atoms with Crippen LogP contribution in [-0.2, 0) is 6.42 Å². The average Bonchev–Trinajstić information content (AvgIpc) is 2.18. The van der Waals surface area contributed by atoms with E-state index < -0.39 is 0 Å². The third-order valence-electron chi connectivity index (χ3n) is 1.99. The Bertz CT molecular complexity index is 315. The van der Waals surface area contributed by atoms with E-state index in [4.69, 9.17) is 4.74 Å². The van der Waals surface area contributed by atoms with Crippen molar-refractivity contribution in [1.29, 1.82) is 0 Å². The van der Waals surface area contributed by atoms with Crippen molar-refractivity contribution in [2.24, 2.45) is 0 Å². The molecule has 1 aromatic carbocycles. The molecule has 0 fully saturated rings. The van der Waals surface area contributed by atoms with Gasteiger partial charge in [0.2, 0.25) is 0 Å². The molecule has 0 aliphatic carbocycles. The van der Waals surface area contributed by atoms with Crippen molar-refractivity contribution in [2.75, 3.05) is 20.7 Å². The van der Waals surface area contributed by atoms with Gasteiger partial charge in [0.25, 0.3) is 0 Å². The fourth-order valence-electron chi connectivity index (χ4n) is 1.20. The molecule has 14 heavy (non-hydrogen) atoms. The molecule has 2 N–H and O–H groups in total. The number of phenols is 1. The topological polar surface area (TPSA) is 41.5 Å². The lowest BCUT2D eigenvalue weighted by Gasteiger charge is -2.07. The Hall–Kier alpha value is -1.29. The van der Waals surface area contributed by atoms with Gasteiger partial charge in [-0.1, -0.05) is 0 Å². The molecule has 0 bridgehead atoms. The monoisotopic (exact) mass is 199 g/mol. The number of nitrogens with one attached hydrogen (secondary N) is 1. The summed E-state index contributed by atoms with van der Waals surface area (Å²) in [4.78, 5) is 0. The summed E-state index contributed by atoms with van der Waals surface area (Å²) in [7, 11) is 3.18. The molecule has 0 radical (unpaired) electrons. The van der Waals surface area contributed by atoms with Crippen LogP contribution in [0.15, 0.2) is 12.1 Å². The highest BCUT2D eigenvalue weighted by atomic mass is 19.1. The maximum absolute atomic E-state index is 13.3. The minimum absolute atomic E-state index is 0.0278. The van der Waals surface area contributed by atoms with Gasteiger partial charge in [0.1, 0.15) is 5.82 Å². The van der Waals surface area contributed by atoms with Crippen LogP contribution in [0.2, 0.25) is 0 Å². The van der Waals surface area contributed by atoms with Crippen molar-refractivity contribution in [2.45, 2.75) is 6.42 Å². The van der Waals surface area contributed by atoms with Gasteiger partial charge >= 0.3 is 0 Å². The van der Waals surface area contributed by atoms with Crippen molar-refractivity contribution in [1.82, 2.24) is 5.32 Å². The number of aromatic hydroxyl groups is 1. The van der Waals surface area contributed by atoms with Crippen molar-refractivity contribution >= 4 is 0 Å². The highest BCUT2D eigenvalue weighted by molar-refractivity contribution is 5.42. The molecule has 0 aromatic heterocycles. The van der Waals surface area contributed by atoms with Crippen molar-refractivity contribution < 1.29 is 14.2 Å². The number of phenolic OH excluding ortho intramolecular Hbond substituents is 1. The standard InChI is InChI=1S/C10H14FNO2/c1-12-4-3-7-5-9(13)10(14-2)6-8(7)11/h5-6,12-13H,3-4H2,1-2H3. The van der Waals surface area contributed by atoms with Gasteiger partial charge in [0.15, 0.2) is 11.5 Å². The van der Waals surface area contributed by atoms with Gasteiger partial charge < -0.3 is 15.2 Å². The molecular formula is C10H14FNO2. The molecule has 3 nitrogen and oxygen atoms in total. The third kappa shape index (κ3) is 2.35. The van der Waals surface area contributed by atoms with Crippen LogP contribution in [0, 0.1) is 5.82 Å². The minimum Gasteiger partial charge on any atom is -0.504 e. The minimum atomic E-state index is -0.352. The lowest BCUT2D eigenvalue weighted by atomic mass is 10.1. The van der Waals surface area contributed by atoms with Crippen LogP contribution >= 0.6 is 0 Å². The number of hydrogen-bond acceptors (Lipinski definition) is 3. The predicted molar refractivity (Wildman–Crippen MR) is 52.2 cm³/mol. The second-order valence-electron chi connectivity index (χ2n) is 2.97. The fourth-order valence-corrected chi connectivity index (χ4v) is 1.20. The van der Waals surface area contributed by atoms with Crippen LogP contribution in [0.4, 0.5) is 4.39 Å². The van der Waals surface area contributed by atoms with Gasteiger partial charge in [-0.25, -0.2) is 4.39 Å². The van der Waals surface area contributed by atoms with Gasteiger partial charge in [-0.05, 0) is 31.6 Å². The molecule has 1 aromatic rings. The highest BCUT2D eigenvalue weighted by Gasteiger charge is 2.08. The molecule has 0 spiro atoms. The van der Waals surface area contributed by atoms with E-state index in [0.717, 1.165) is 0 Å². The van der Waals surface area contributed by atoms with Crippen LogP contribution in [0.3, 0.4) is 0 Å². The SMILES string of the molecule is CNCCc1cc(O)c(OC)cc1F. The smallest absolute Gasteiger partial charge is 0.163 e. The van der Waals surface area contributed by atoms with E-state index in [1.807, 2.05) is 0 Å². The molecule has 0 unspecified atom stereocenters. The molecule has 0 atom stereocenters. The normalized spacial score (nSPS) is 10.2. The van der Waals surface area contributed by atoms with E-state index in [2.05, 4.69) is 5.32 Å². The van der Waals surface area contributed by atoms with Crippen molar-refractivity contribution in [3.05, 3.63) is 23.5 Å². The second-order valence-corrected chi connectivity index (χ2v) is 2.97. The van der Waals surface area contributed by atoms with Gasteiger partial charge in [0.05, 0.1) is 7.11 Å². The first-order chi connectivity index (χ1) is 6.69. The summed E-state index contributed by atoms with van der Waals surface area (Å²) >= 11 is 0. The van der Waals surface area contributed by atoms with Crippen LogP contribution < -0.4 is 10.1 Å². The first-order valence-corrected chi connectivity index (χ1v) is 4.39. The molecule has 0 saturated heterocycles. The number of likely N-dealkylation sites (N-methyl/N-ethyl adjacent to an activating group) is 1. The average molecular weight is 199 g/mol. The van der Waals surface area contributed by atoms with E-state index in [9.17, 15) is 9.50 Å². The van der Waals surface area contributed by atoms with Gasteiger partial charge in [-0.15, -0.1) is 0 Å². The van der Waals surface area contributed by atoms with Crippen LogP contribution in [0.5, 0.6) is 11.5 Å². The van der Waals surface area contributed by atoms with Crippen LogP contribution in [0.25, 0.3) is 0 Å². The first-order valence-electron chi connectivity index (χ1n) is 4.39. The van der Waals surface area contributed by atoms with E-state index >= 15 is 0 Å². The molecule has 1 rings (SSSR count). The molecule has 78 valence electrons. The summed E-state index contributed by atoms with van der Waals surface area (Å²) in [5, 5.41) is 12.3.